The van der Waals surface area contributed by atoms with E-state index < -0.39 is 0 Å². The van der Waals surface area contributed by atoms with E-state index in [1.807, 2.05) is 6.07 Å². The molecule has 0 aromatic carbocycles. The van der Waals surface area contributed by atoms with Crippen molar-refractivity contribution >= 4 is 21.7 Å². The second kappa shape index (κ2) is 7.20. The zero-order valence-electron chi connectivity index (χ0n) is 11.4. The third-order valence-corrected chi connectivity index (χ3v) is 4.04. The van der Waals surface area contributed by atoms with Crippen LogP contribution in [0, 0.1) is 5.92 Å². The Labute approximate surface area is 123 Å². The van der Waals surface area contributed by atoms with E-state index in [0.29, 0.717) is 5.92 Å². The van der Waals surface area contributed by atoms with Crippen molar-refractivity contribution in [2.45, 2.75) is 51.6 Å². The number of aryl methyl sites for hydroxylation is 1. The van der Waals surface area contributed by atoms with Crippen LogP contribution in [0.2, 0.25) is 0 Å². The molecule has 2 N–H and O–H groups in total. The summed E-state index contributed by atoms with van der Waals surface area (Å²) >= 11 is 3.42. The summed E-state index contributed by atoms with van der Waals surface area (Å²) in [7, 11) is 0. The number of rotatable bonds is 5. The van der Waals surface area contributed by atoms with Crippen LogP contribution in [0.3, 0.4) is 0 Å². The van der Waals surface area contributed by atoms with Crippen molar-refractivity contribution < 1.29 is 5.11 Å². The van der Waals surface area contributed by atoms with Gasteiger partial charge in [-0.05, 0) is 35.2 Å². The van der Waals surface area contributed by atoms with E-state index in [2.05, 4.69) is 38.1 Å². The summed E-state index contributed by atoms with van der Waals surface area (Å²) in [6.07, 6.45) is 6.16. The first kappa shape index (κ1) is 14.7. The normalized spacial score (nSPS) is 23.3. The fraction of sp³-hybridized carbons (Fsp3) is 0.714. The lowest BCUT2D eigenvalue weighted by Gasteiger charge is -2.27. The van der Waals surface area contributed by atoms with Crippen molar-refractivity contribution in [1.29, 1.82) is 0 Å². The number of aliphatic hydroxyl groups is 1. The second-order valence-corrected chi connectivity index (χ2v) is 6.05. The van der Waals surface area contributed by atoms with Gasteiger partial charge in [0.1, 0.15) is 16.2 Å². The average molecular weight is 328 g/mol. The highest BCUT2D eigenvalue weighted by molar-refractivity contribution is 9.10. The van der Waals surface area contributed by atoms with Gasteiger partial charge in [-0.2, -0.15) is 0 Å². The van der Waals surface area contributed by atoms with Crippen molar-refractivity contribution in [2.75, 3.05) is 11.9 Å². The predicted molar refractivity (Wildman–Crippen MR) is 80.2 cm³/mol. The Kier molecular flexibility index (Phi) is 5.58. The molecule has 0 saturated heterocycles. The van der Waals surface area contributed by atoms with Crippen LogP contribution >= 0.6 is 15.9 Å². The van der Waals surface area contributed by atoms with Gasteiger partial charge in [-0.3, -0.25) is 0 Å². The Balaban J connectivity index is 1.94. The van der Waals surface area contributed by atoms with Crippen molar-refractivity contribution in [3.63, 3.8) is 0 Å². The molecular formula is C14H22BrN3O. The third kappa shape index (κ3) is 4.42. The Hall–Kier alpha value is -0.680. The monoisotopic (exact) mass is 327 g/mol. The molecule has 106 valence electrons. The summed E-state index contributed by atoms with van der Waals surface area (Å²) in [6.45, 7) is 2.91. The highest BCUT2D eigenvalue weighted by atomic mass is 79.9. The van der Waals surface area contributed by atoms with Crippen LogP contribution in [0.4, 0.5) is 5.82 Å². The zero-order chi connectivity index (χ0) is 13.7. The molecule has 19 heavy (non-hydrogen) atoms. The van der Waals surface area contributed by atoms with E-state index in [1.165, 1.54) is 6.42 Å². The lowest BCUT2D eigenvalue weighted by atomic mass is 9.86. The molecule has 1 aromatic rings. The lowest BCUT2D eigenvalue weighted by Crippen LogP contribution is -2.30. The predicted octanol–water partition coefficient (Wildman–Crippen LogP) is 3.15. The topological polar surface area (TPSA) is 58.0 Å². The molecule has 2 atom stereocenters. The van der Waals surface area contributed by atoms with Crippen molar-refractivity contribution in [1.82, 2.24) is 9.97 Å². The first-order chi connectivity index (χ1) is 9.19. The van der Waals surface area contributed by atoms with Gasteiger partial charge in [0, 0.05) is 24.9 Å². The molecule has 2 unspecified atom stereocenters. The van der Waals surface area contributed by atoms with E-state index in [0.717, 1.165) is 54.9 Å². The summed E-state index contributed by atoms with van der Waals surface area (Å²) in [6, 6.07) is 1.90. The molecule has 0 aliphatic heterocycles. The maximum Gasteiger partial charge on any atom is 0.132 e. The zero-order valence-corrected chi connectivity index (χ0v) is 13.0. The fourth-order valence-corrected chi connectivity index (χ4v) is 2.97. The van der Waals surface area contributed by atoms with Gasteiger partial charge in [-0.1, -0.05) is 19.8 Å². The number of hydrogen-bond acceptors (Lipinski definition) is 4. The SMILES string of the molecule is CCCc1nc(Br)cc(NCC2CCCCC2O)n1. The molecule has 1 aliphatic carbocycles. The molecule has 1 heterocycles. The van der Waals surface area contributed by atoms with E-state index in [1.54, 1.807) is 0 Å². The molecule has 2 rings (SSSR count). The third-order valence-electron chi connectivity index (χ3n) is 3.63. The minimum atomic E-state index is -0.165. The van der Waals surface area contributed by atoms with Crippen LogP contribution in [0.1, 0.15) is 44.9 Å². The summed E-state index contributed by atoms with van der Waals surface area (Å²) < 4.78 is 0.817. The number of aliphatic hydroxyl groups excluding tert-OH is 1. The van der Waals surface area contributed by atoms with Gasteiger partial charge in [-0.15, -0.1) is 0 Å². The number of anilines is 1. The van der Waals surface area contributed by atoms with Gasteiger partial charge < -0.3 is 10.4 Å². The van der Waals surface area contributed by atoms with Crippen molar-refractivity contribution in [2.24, 2.45) is 5.92 Å². The molecule has 1 saturated carbocycles. The van der Waals surface area contributed by atoms with Gasteiger partial charge >= 0.3 is 0 Å². The molecule has 4 nitrogen and oxygen atoms in total. The van der Waals surface area contributed by atoms with Crippen molar-refractivity contribution in [3.8, 4) is 0 Å². The van der Waals surface area contributed by atoms with Crippen LogP contribution < -0.4 is 5.32 Å². The molecule has 0 radical (unpaired) electrons. The minimum absolute atomic E-state index is 0.165. The summed E-state index contributed by atoms with van der Waals surface area (Å²) in [5.41, 5.74) is 0. The van der Waals surface area contributed by atoms with Gasteiger partial charge in [0.05, 0.1) is 6.10 Å². The molecule has 1 fully saturated rings. The van der Waals surface area contributed by atoms with Crippen molar-refractivity contribution in [3.05, 3.63) is 16.5 Å². The number of aromatic nitrogens is 2. The maximum absolute atomic E-state index is 9.96. The van der Waals surface area contributed by atoms with Gasteiger partial charge in [-0.25, -0.2) is 9.97 Å². The summed E-state index contributed by atoms with van der Waals surface area (Å²) in [5.74, 6) is 2.06. The Morgan fingerprint density at radius 1 is 1.37 bits per heavy atom. The standard InChI is InChI=1S/C14H22BrN3O/c1-2-5-13-17-12(15)8-14(18-13)16-9-10-6-3-4-7-11(10)19/h8,10-11,19H,2-7,9H2,1H3,(H,16,17,18). The number of halogens is 1. The largest absolute Gasteiger partial charge is 0.393 e. The quantitative estimate of drug-likeness (QED) is 0.815. The van der Waals surface area contributed by atoms with E-state index in [9.17, 15) is 5.11 Å². The minimum Gasteiger partial charge on any atom is -0.393 e. The molecular weight excluding hydrogens is 306 g/mol. The Morgan fingerprint density at radius 3 is 2.89 bits per heavy atom. The number of nitrogens with one attached hydrogen (secondary N) is 1. The molecule has 0 spiro atoms. The molecule has 1 aliphatic rings. The smallest absolute Gasteiger partial charge is 0.132 e. The average Bonchev–Trinajstić information content (AvgIpc) is 2.37. The maximum atomic E-state index is 9.96. The molecule has 0 bridgehead atoms. The van der Waals surface area contributed by atoms with Crippen LogP contribution in [-0.2, 0) is 6.42 Å². The van der Waals surface area contributed by atoms with Gasteiger partial charge in [0.2, 0.25) is 0 Å². The summed E-state index contributed by atoms with van der Waals surface area (Å²) in [4.78, 5) is 8.85. The second-order valence-electron chi connectivity index (χ2n) is 5.23. The van der Waals surface area contributed by atoms with Crippen LogP contribution in [0.25, 0.3) is 0 Å². The first-order valence-electron chi connectivity index (χ1n) is 7.14. The Bertz CT molecular complexity index is 414. The summed E-state index contributed by atoms with van der Waals surface area (Å²) in [5, 5.41) is 13.3. The first-order valence-corrected chi connectivity index (χ1v) is 7.93. The molecule has 1 aromatic heterocycles. The van der Waals surface area contributed by atoms with Crippen LogP contribution in [0.5, 0.6) is 0 Å². The number of nitrogens with zero attached hydrogens (tertiary/aromatic N) is 2. The fourth-order valence-electron chi connectivity index (χ4n) is 2.55. The highest BCUT2D eigenvalue weighted by Crippen LogP contribution is 2.24. The van der Waals surface area contributed by atoms with Crippen LogP contribution in [0.15, 0.2) is 10.7 Å². The van der Waals surface area contributed by atoms with E-state index in [-0.39, 0.29) is 6.10 Å². The van der Waals surface area contributed by atoms with Crippen LogP contribution in [-0.4, -0.2) is 27.7 Å². The van der Waals surface area contributed by atoms with Gasteiger partial charge in [0.15, 0.2) is 0 Å². The highest BCUT2D eigenvalue weighted by Gasteiger charge is 2.22. The van der Waals surface area contributed by atoms with E-state index >= 15 is 0 Å². The van der Waals surface area contributed by atoms with E-state index in [4.69, 9.17) is 0 Å². The molecule has 0 amide bonds. The Morgan fingerprint density at radius 2 is 2.16 bits per heavy atom. The molecule has 5 heteroatoms. The van der Waals surface area contributed by atoms with Gasteiger partial charge in [0.25, 0.3) is 0 Å². The lowest BCUT2D eigenvalue weighted by molar-refractivity contribution is 0.0763. The number of hydrogen-bond donors (Lipinski definition) is 2.